The Balaban J connectivity index is 1.48. The molecule has 0 radical (unpaired) electrons. The highest BCUT2D eigenvalue weighted by atomic mass is 16.5. The van der Waals surface area contributed by atoms with Crippen LogP contribution in [-0.4, -0.2) is 19.3 Å². The molecule has 4 aromatic rings. The maximum absolute atomic E-state index is 11.0. The van der Waals surface area contributed by atoms with Gasteiger partial charge in [0.2, 0.25) is 0 Å². The van der Waals surface area contributed by atoms with Crippen LogP contribution in [0.2, 0.25) is 0 Å². The van der Waals surface area contributed by atoms with E-state index in [9.17, 15) is 5.11 Å². The van der Waals surface area contributed by atoms with Crippen LogP contribution in [0.3, 0.4) is 0 Å². The molecule has 0 aliphatic carbocycles. The predicted molar refractivity (Wildman–Crippen MR) is 132 cm³/mol. The van der Waals surface area contributed by atoms with E-state index in [4.69, 9.17) is 18.9 Å². The summed E-state index contributed by atoms with van der Waals surface area (Å²) in [5.74, 6) is 2.35. The summed E-state index contributed by atoms with van der Waals surface area (Å²) in [4.78, 5) is 0. The van der Waals surface area contributed by atoms with E-state index in [1.54, 1.807) is 26.4 Å². The Labute approximate surface area is 200 Å². The molecule has 4 rings (SSSR count). The summed E-state index contributed by atoms with van der Waals surface area (Å²) in [6, 6.07) is 30.7. The van der Waals surface area contributed by atoms with E-state index in [0.717, 1.165) is 11.1 Å². The first kappa shape index (κ1) is 23.2. The largest absolute Gasteiger partial charge is 0.493 e. The molecule has 0 heterocycles. The van der Waals surface area contributed by atoms with Crippen LogP contribution >= 0.6 is 0 Å². The van der Waals surface area contributed by atoms with Crippen LogP contribution in [0.5, 0.6) is 23.0 Å². The summed E-state index contributed by atoms with van der Waals surface area (Å²) in [7, 11) is 3.17. The first-order valence-electron chi connectivity index (χ1n) is 11.1. The van der Waals surface area contributed by atoms with Crippen molar-refractivity contribution in [2.45, 2.75) is 19.3 Å². The van der Waals surface area contributed by atoms with Crippen molar-refractivity contribution in [3.63, 3.8) is 0 Å². The van der Waals surface area contributed by atoms with E-state index in [0.29, 0.717) is 47.3 Å². The molecule has 5 heteroatoms. The van der Waals surface area contributed by atoms with Crippen molar-refractivity contribution in [3.8, 4) is 23.0 Å². The molecule has 0 amide bonds. The molecule has 0 saturated heterocycles. The Kier molecular flexibility index (Phi) is 7.68. The quantitative estimate of drug-likeness (QED) is 0.320. The predicted octanol–water partition coefficient (Wildman–Crippen LogP) is 5.94. The molecule has 0 aliphatic heterocycles. The van der Waals surface area contributed by atoms with Gasteiger partial charge < -0.3 is 24.1 Å². The average molecular weight is 457 g/mol. The first-order chi connectivity index (χ1) is 16.7. The molecule has 0 fully saturated rings. The second kappa shape index (κ2) is 11.3. The molecule has 1 N–H and O–H groups in total. The summed E-state index contributed by atoms with van der Waals surface area (Å²) in [6.45, 7) is 0.863. The zero-order chi connectivity index (χ0) is 23.8. The highest BCUT2D eigenvalue weighted by Gasteiger charge is 2.17. The van der Waals surface area contributed by atoms with Crippen molar-refractivity contribution in [2.75, 3.05) is 14.2 Å². The van der Waals surface area contributed by atoms with Gasteiger partial charge in [0.05, 0.1) is 14.2 Å². The van der Waals surface area contributed by atoms with E-state index in [1.165, 1.54) is 0 Å². The fourth-order valence-electron chi connectivity index (χ4n) is 3.61. The van der Waals surface area contributed by atoms with Crippen LogP contribution in [0.4, 0.5) is 0 Å². The lowest BCUT2D eigenvalue weighted by Crippen LogP contribution is -2.04. The molecule has 5 nitrogen and oxygen atoms in total. The summed E-state index contributed by atoms with van der Waals surface area (Å²) in [5, 5.41) is 11.0. The van der Waals surface area contributed by atoms with Gasteiger partial charge in [-0.1, -0.05) is 72.8 Å². The summed E-state index contributed by atoms with van der Waals surface area (Å²) < 4.78 is 22.9. The smallest absolute Gasteiger partial charge is 0.161 e. The van der Waals surface area contributed by atoms with E-state index < -0.39 is 6.10 Å². The minimum Gasteiger partial charge on any atom is -0.493 e. The van der Waals surface area contributed by atoms with Crippen LogP contribution in [0, 0.1) is 0 Å². The van der Waals surface area contributed by atoms with Gasteiger partial charge in [-0.2, -0.15) is 0 Å². The van der Waals surface area contributed by atoms with Gasteiger partial charge in [-0.15, -0.1) is 0 Å². The minimum absolute atomic E-state index is 0.431. The van der Waals surface area contributed by atoms with Crippen LogP contribution in [0.1, 0.15) is 28.4 Å². The van der Waals surface area contributed by atoms with Crippen molar-refractivity contribution in [3.05, 3.63) is 119 Å². The minimum atomic E-state index is -0.867. The number of ether oxygens (including phenoxy) is 4. The Morgan fingerprint density at radius 2 is 0.971 bits per heavy atom. The molecule has 0 bridgehead atoms. The Hall–Kier alpha value is -3.96. The number of hydrogen-bond donors (Lipinski definition) is 1. The molecule has 0 aliphatic rings. The second-order valence-corrected chi connectivity index (χ2v) is 7.77. The topological polar surface area (TPSA) is 57.2 Å². The monoisotopic (exact) mass is 456 g/mol. The molecule has 0 saturated carbocycles. The number of hydrogen-bond acceptors (Lipinski definition) is 5. The summed E-state index contributed by atoms with van der Waals surface area (Å²) >= 11 is 0. The van der Waals surface area contributed by atoms with Gasteiger partial charge in [-0.3, -0.25) is 0 Å². The van der Waals surface area contributed by atoms with Crippen molar-refractivity contribution < 1.29 is 24.1 Å². The maximum atomic E-state index is 11.0. The average Bonchev–Trinajstić information content (AvgIpc) is 2.91. The molecule has 0 atom stereocenters. The summed E-state index contributed by atoms with van der Waals surface area (Å²) in [6.07, 6.45) is -0.867. The van der Waals surface area contributed by atoms with Crippen LogP contribution in [0.25, 0.3) is 0 Å². The van der Waals surface area contributed by atoms with E-state index in [2.05, 4.69) is 0 Å². The van der Waals surface area contributed by atoms with Crippen molar-refractivity contribution in [2.24, 2.45) is 0 Å². The standard InChI is InChI=1S/C29H28O5/c1-31-27-17-23(13-15-25(27)33-19-21-9-5-3-6-10-21)29(30)24-14-16-26(28(18-24)32-2)34-20-22-11-7-4-8-12-22/h3-18,29-30H,19-20H2,1-2H3. The molecular formula is C29H28O5. The molecule has 34 heavy (non-hydrogen) atoms. The summed E-state index contributed by atoms with van der Waals surface area (Å²) in [5.41, 5.74) is 3.50. The van der Waals surface area contributed by atoms with Crippen LogP contribution in [0.15, 0.2) is 97.1 Å². The lowest BCUT2D eigenvalue weighted by atomic mass is 10.0. The fraction of sp³-hybridized carbons (Fsp3) is 0.172. The zero-order valence-electron chi connectivity index (χ0n) is 19.3. The maximum Gasteiger partial charge on any atom is 0.161 e. The van der Waals surface area contributed by atoms with E-state index in [-0.39, 0.29) is 0 Å². The number of benzene rings is 4. The highest BCUT2D eigenvalue weighted by molar-refractivity contribution is 5.48. The fourth-order valence-corrected chi connectivity index (χ4v) is 3.61. The Bertz CT molecular complexity index is 1100. The molecule has 4 aromatic carbocycles. The number of aliphatic hydroxyl groups excluding tert-OH is 1. The van der Waals surface area contributed by atoms with Gasteiger partial charge >= 0.3 is 0 Å². The van der Waals surface area contributed by atoms with Crippen molar-refractivity contribution in [1.29, 1.82) is 0 Å². The van der Waals surface area contributed by atoms with Gasteiger partial charge in [0.15, 0.2) is 23.0 Å². The Morgan fingerprint density at radius 3 is 1.35 bits per heavy atom. The first-order valence-corrected chi connectivity index (χ1v) is 11.1. The van der Waals surface area contributed by atoms with Gasteiger partial charge in [0, 0.05) is 0 Å². The van der Waals surface area contributed by atoms with Crippen LogP contribution < -0.4 is 18.9 Å². The third-order valence-electron chi connectivity index (χ3n) is 5.48. The number of methoxy groups -OCH3 is 2. The highest BCUT2D eigenvalue weighted by Crippen LogP contribution is 2.36. The van der Waals surface area contributed by atoms with Gasteiger partial charge in [0.1, 0.15) is 19.3 Å². The van der Waals surface area contributed by atoms with Gasteiger partial charge in [0.25, 0.3) is 0 Å². The normalized spacial score (nSPS) is 10.7. The third-order valence-corrected chi connectivity index (χ3v) is 5.48. The molecule has 0 aromatic heterocycles. The third kappa shape index (κ3) is 5.69. The Morgan fingerprint density at radius 1 is 0.559 bits per heavy atom. The lowest BCUT2D eigenvalue weighted by molar-refractivity contribution is 0.217. The zero-order valence-corrected chi connectivity index (χ0v) is 19.3. The van der Waals surface area contributed by atoms with E-state index in [1.807, 2.05) is 84.9 Å². The van der Waals surface area contributed by atoms with Gasteiger partial charge in [-0.05, 0) is 46.5 Å². The molecular weight excluding hydrogens is 428 g/mol. The van der Waals surface area contributed by atoms with Crippen LogP contribution in [-0.2, 0) is 13.2 Å². The molecule has 0 unspecified atom stereocenters. The number of aliphatic hydroxyl groups is 1. The van der Waals surface area contributed by atoms with Crippen molar-refractivity contribution in [1.82, 2.24) is 0 Å². The SMILES string of the molecule is COc1cc(C(O)c2ccc(OCc3ccccc3)c(OC)c2)ccc1OCc1ccccc1. The van der Waals surface area contributed by atoms with Gasteiger partial charge in [-0.25, -0.2) is 0 Å². The second-order valence-electron chi connectivity index (χ2n) is 7.77. The van der Waals surface area contributed by atoms with E-state index >= 15 is 0 Å². The molecule has 174 valence electrons. The number of rotatable bonds is 10. The molecule has 0 spiro atoms. The van der Waals surface area contributed by atoms with Crippen molar-refractivity contribution >= 4 is 0 Å². The lowest BCUT2D eigenvalue weighted by Gasteiger charge is -2.17.